The maximum absolute atomic E-state index is 12.0. The molecule has 0 saturated heterocycles. The Balaban J connectivity index is 1.96. The number of aryl methyl sites for hydroxylation is 4. The average molecular weight is 272 g/mol. The van der Waals surface area contributed by atoms with Gasteiger partial charge in [0.15, 0.2) is 0 Å². The lowest BCUT2D eigenvalue weighted by Gasteiger charge is -2.09. The van der Waals surface area contributed by atoms with Gasteiger partial charge in [-0.2, -0.15) is 5.10 Å². The Kier molecular flexibility index (Phi) is 4.08. The number of aromatic nitrogens is 2. The van der Waals surface area contributed by atoms with Gasteiger partial charge in [0, 0.05) is 30.0 Å². The predicted molar refractivity (Wildman–Crippen MR) is 80.5 cm³/mol. The highest BCUT2D eigenvalue weighted by Gasteiger charge is 2.07. The van der Waals surface area contributed by atoms with Gasteiger partial charge in [0.2, 0.25) is 5.91 Å². The van der Waals surface area contributed by atoms with E-state index in [2.05, 4.69) is 10.4 Å². The van der Waals surface area contributed by atoms with Gasteiger partial charge in [-0.15, -0.1) is 0 Å². The Morgan fingerprint density at radius 2 is 2.05 bits per heavy atom. The molecule has 0 atom stereocenters. The standard InChI is InChI=1S/C15H20N4O/c1-10-4-5-13(16)9-14(10)17-15(20)6-7-19-12(3)8-11(2)18-19/h4-5,8-9H,6-7,16H2,1-3H3,(H,17,20). The molecule has 1 heterocycles. The molecule has 1 aromatic carbocycles. The number of carbonyl (C=O) groups excluding carboxylic acids is 1. The van der Waals surface area contributed by atoms with Crippen LogP contribution in [0.5, 0.6) is 0 Å². The van der Waals surface area contributed by atoms with Crippen LogP contribution in [0.15, 0.2) is 24.3 Å². The first-order chi connectivity index (χ1) is 9.45. The van der Waals surface area contributed by atoms with Crippen molar-refractivity contribution in [1.29, 1.82) is 0 Å². The molecule has 5 nitrogen and oxygen atoms in total. The van der Waals surface area contributed by atoms with E-state index in [0.29, 0.717) is 18.7 Å². The van der Waals surface area contributed by atoms with Crippen LogP contribution in [-0.2, 0) is 11.3 Å². The third-order valence-corrected chi connectivity index (χ3v) is 3.19. The SMILES string of the molecule is Cc1cc(C)n(CCC(=O)Nc2cc(N)ccc2C)n1. The van der Waals surface area contributed by atoms with Gasteiger partial charge < -0.3 is 11.1 Å². The number of hydrogen-bond donors (Lipinski definition) is 2. The van der Waals surface area contributed by atoms with Crippen molar-refractivity contribution < 1.29 is 4.79 Å². The van der Waals surface area contributed by atoms with Crippen LogP contribution in [-0.4, -0.2) is 15.7 Å². The molecule has 0 saturated carbocycles. The highest BCUT2D eigenvalue weighted by atomic mass is 16.1. The second-order valence-electron chi connectivity index (χ2n) is 5.02. The minimum atomic E-state index is -0.0359. The van der Waals surface area contributed by atoms with E-state index in [1.165, 1.54) is 0 Å². The molecular weight excluding hydrogens is 252 g/mol. The quantitative estimate of drug-likeness (QED) is 0.839. The topological polar surface area (TPSA) is 72.9 Å². The normalized spacial score (nSPS) is 10.6. The summed E-state index contributed by atoms with van der Waals surface area (Å²) in [6.07, 6.45) is 0.385. The summed E-state index contributed by atoms with van der Waals surface area (Å²) in [7, 11) is 0. The third-order valence-electron chi connectivity index (χ3n) is 3.19. The number of amides is 1. The number of benzene rings is 1. The van der Waals surface area contributed by atoms with E-state index in [1.807, 2.05) is 43.7 Å². The first kappa shape index (κ1) is 14.1. The van der Waals surface area contributed by atoms with Crippen molar-refractivity contribution in [2.24, 2.45) is 0 Å². The molecule has 2 rings (SSSR count). The van der Waals surface area contributed by atoms with E-state index in [9.17, 15) is 4.79 Å². The minimum Gasteiger partial charge on any atom is -0.399 e. The fraction of sp³-hybridized carbons (Fsp3) is 0.333. The van der Waals surface area contributed by atoms with E-state index < -0.39 is 0 Å². The van der Waals surface area contributed by atoms with E-state index in [1.54, 1.807) is 6.07 Å². The summed E-state index contributed by atoms with van der Waals surface area (Å²) in [6, 6.07) is 7.49. The summed E-state index contributed by atoms with van der Waals surface area (Å²) in [5.74, 6) is -0.0359. The van der Waals surface area contributed by atoms with Gasteiger partial charge >= 0.3 is 0 Å². The van der Waals surface area contributed by atoms with Gasteiger partial charge in [0.25, 0.3) is 0 Å². The summed E-state index contributed by atoms with van der Waals surface area (Å²) < 4.78 is 1.85. The number of nitrogen functional groups attached to an aromatic ring is 1. The molecule has 0 aliphatic carbocycles. The van der Waals surface area contributed by atoms with Crippen molar-refractivity contribution in [3.8, 4) is 0 Å². The summed E-state index contributed by atoms with van der Waals surface area (Å²) >= 11 is 0. The fourth-order valence-corrected chi connectivity index (χ4v) is 2.10. The highest BCUT2D eigenvalue weighted by molar-refractivity contribution is 5.91. The highest BCUT2D eigenvalue weighted by Crippen LogP contribution is 2.18. The van der Waals surface area contributed by atoms with Crippen LogP contribution in [0.2, 0.25) is 0 Å². The average Bonchev–Trinajstić information content (AvgIpc) is 2.70. The Morgan fingerprint density at radius 1 is 1.30 bits per heavy atom. The summed E-state index contributed by atoms with van der Waals surface area (Å²) in [4.78, 5) is 12.0. The molecule has 0 bridgehead atoms. The number of nitrogens with one attached hydrogen (secondary N) is 1. The van der Waals surface area contributed by atoms with Crippen molar-refractivity contribution >= 4 is 17.3 Å². The van der Waals surface area contributed by atoms with Gasteiger partial charge in [-0.25, -0.2) is 0 Å². The van der Waals surface area contributed by atoms with Crippen LogP contribution in [0, 0.1) is 20.8 Å². The lowest BCUT2D eigenvalue weighted by molar-refractivity contribution is -0.116. The van der Waals surface area contributed by atoms with E-state index in [0.717, 1.165) is 22.6 Å². The Bertz CT molecular complexity index is 631. The lowest BCUT2D eigenvalue weighted by atomic mass is 10.2. The monoisotopic (exact) mass is 272 g/mol. The van der Waals surface area contributed by atoms with E-state index >= 15 is 0 Å². The van der Waals surface area contributed by atoms with Crippen LogP contribution in [0.3, 0.4) is 0 Å². The first-order valence-corrected chi connectivity index (χ1v) is 6.63. The number of hydrogen-bond acceptors (Lipinski definition) is 3. The number of carbonyl (C=O) groups is 1. The number of rotatable bonds is 4. The zero-order chi connectivity index (χ0) is 14.7. The van der Waals surface area contributed by atoms with Gasteiger partial charge in [-0.1, -0.05) is 6.07 Å². The molecule has 1 amide bonds. The van der Waals surface area contributed by atoms with Gasteiger partial charge in [-0.3, -0.25) is 9.48 Å². The van der Waals surface area contributed by atoms with Crippen molar-refractivity contribution in [2.75, 3.05) is 11.1 Å². The molecule has 0 aliphatic rings. The third kappa shape index (κ3) is 3.38. The number of nitrogens with two attached hydrogens (primary N) is 1. The van der Waals surface area contributed by atoms with Gasteiger partial charge in [0.05, 0.1) is 5.69 Å². The van der Waals surface area contributed by atoms with Crippen molar-refractivity contribution in [1.82, 2.24) is 9.78 Å². The maximum atomic E-state index is 12.0. The maximum Gasteiger partial charge on any atom is 0.226 e. The molecule has 1 aromatic heterocycles. The minimum absolute atomic E-state index is 0.0359. The van der Waals surface area contributed by atoms with Crippen LogP contribution in [0.4, 0.5) is 11.4 Å². The summed E-state index contributed by atoms with van der Waals surface area (Å²) in [5.41, 5.74) is 10.2. The Hall–Kier alpha value is -2.30. The summed E-state index contributed by atoms with van der Waals surface area (Å²) in [6.45, 7) is 6.45. The molecule has 0 spiro atoms. The largest absolute Gasteiger partial charge is 0.399 e. The van der Waals surface area contributed by atoms with Crippen molar-refractivity contribution in [3.63, 3.8) is 0 Å². The molecular formula is C15H20N4O. The second-order valence-corrected chi connectivity index (χ2v) is 5.02. The van der Waals surface area contributed by atoms with Crippen molar-refractivity contribution in [3.05, 3.63) is 41.2 Å². The van der Waals surface area contributed by atoms with Gasteiger partial charge in [0.1, 0.15) is 0 Å². The molecule has 3 N–H and O–H groups in total. The van der Waals surface area contributed by atoms with E-state index in [-0.39, 0.29) is 5.91 Å². The summed E-state index contributed by atoms with van der Waals surface area (Å²) in [5, 5.41) is 7.23. The lowest BCUT2D eigenvalue weighted by Crippen LogP contribution is -2.16. The fourth-order valence-electron chi connectivity index (χ4n) is 2.10. The number of anilines is 2. The Morgan fingerprint density at radius 3 is 2.70 bits per heavy atom. The first-order valence-electron chi connectivity index (χ1n) is 6.63. The zero-order valence-electron chi connectivity index (χ0n) is 12.1. The molecule has 5 heteroatoms. The molecule has 20 heavy (non-hydrogen) atoms. The molecule has 0 aliphatic heterocycles. The van der Waals surface area contributed by atoms with Crippen LogP contribution < -0.4 is 11.1 Å². The molecule has 0 unspecified atom stereocenters. The molecule has 0 fully saturated rings. The van der Waals surface area contributed by atoms with E-state index in [4.69, 9.17) is 5.73 Å². The molecule has 2 aromatic rings. The van der Waals surface area contributed by atoms with Crippen LogP contribution in [0.25, 0.3) is 0 Å². The van der Waals surface area contributed by atoms with Crippen LogP contribution in [0.1, 0.15) is 23.4 Å². The molecule has 0 radical (unpaired) electrons. The number of nitrogens with zero attached hydrogens (tertiary/aromatic N) is 2. The zero-order valence-corrected chi connectivity index (χ0v) is 12.1. The molecule has 106 valence electrons. The van der Waals surface area contributed by atoms with Crippen LogP contribution >= 0.6 is 0 Å². The van der Waals surface area contributed by atoms with Crippen molar-refractivity contribution in [2.45, 2.75) is 33.7 Å². The smallest absolute Gasteiger partial charge is 0.226 e. The van der Waals surface area contributed by atoms with Gasteiger partial charge in [-0.05, 0) is 44.5 Å². The predicted octanol–water partition coefficient (Wildman–Crippen LogP) is 2.42. The second kappa shape index (κ2) is 5.77. The Labute approximate surface area is 118 Å².